The Bertz CT molecular complexity index is 1160. The van der Waals surface area contributed by atoms with E-state index in [1.165, 1.54) is 14.2 Å². The van der Waals surface area contributed by atoms with Crippen molar-refractivity contribution in [3.63, 3.8) is 0 Å². The molecule has 3 aliphatic rings. The van der Waals surface area contributed by atoms with Gasteiger partial charge in [-0.05, 0) is 31.0 Å². The quantitative estimate of drug-likeness (QED) is 0.665. The number of cyclic esters (lactones) is 1. The summed E-state index contributed by atoms with van der Waals surface area (Å²) in [6.45, 7) is 2.81. The van der Waals surface area contributed by atoms with Crippen molar-refractivity contribution < 1.29 is 38.0 Å². The second kappa shape index (κ2) is 8.51. The Morgan fingerprint density at radius 3 is 2.65 bits per heavy atom. The maximum Gasteiger partial charge on any atom is 0.343 e. The Hall–Kier alpha value is -3.82. The normalized spacial score (nSPS) is 19.8. The molecule has 2 amide bonds. The van der Waals surface area contributed by atoms with E-state index in [-0.39, 0.29) is 18.4 Å². The van der Waals surface area contributed by atoms with Gasteiger partial charge in [-0.2, -0.15) is 0 Å². The van der Waals surface area contributed by atoms with E-state index < -0.39 is 18.1 Å². The van der Waals surface area contributed by atoms with E-state index in [0.29, 0.717) is 53.8 Å². The van der Waals surface area contributed by atoms with Crippen LogP contribution in [0.3, 0.4) is 0 Å². The molecule has 10 heteroatoms. The lowest BCUT2D eigenvalue weighted by Crippen LogP contribution is -2.47. The van der Waals surface area contributed by atoms with Crippen molar-refractivity contribution in [3.05, 3.63) is 40.5 Å². The zero-order chi connectivity index (χ0) is 24.0. The van der Waals surface area contributed by atoms with E-state index in [2.05, 4.69) is 5.32 Å². The molecule has 0 aromatic heterocycles. The number of rotatable bonds is 5. The maximum atomic E-state index is 13.2. The van der Waals surface area contributed by atoms with E-state index >= 15 is 0 Å². The van der Waals surface area contributed by atoms with Crippen LogP contribution in [0.1, 0.15) is 46.1 Å². The van der Waals surface area contributed by atoms with Gasteiger partial charge in [0, 0.05) is 24.2 Å². The monoisotopic (exact) mass is 470 g/mol. The molecule has 0 fully saturated rings. The number of urea groups is 1. The van der Waals surface area contributed by atoms with Gasteiger partial charge in [0.05, 0.1) is 21.3 Å². The molecule has 5 rings (SSSR count). The van der Waals surface area contributed by atoms with Crippen LogP contribution < -0.4 is 29.0 Å². The molecule has 2 atom stereocenters. The highest BCUT2D eigenvalue weighted by Crippen LogP contribution is 2.55. The van der Waals surface area contributed by atoms with Crippen LogP contribution in [0.2, 0.25) is 0 Å². The topological polar surface area (TPSA) is 105 Å². The molecule has 0 saturated carbocycles. The molecular weight excluding hydrogens is 444 g/mol. The van der Waals surface area contributed by atoms with Crippen LogP contribution in [-0.4, -0.2) is 58.1 Å². The predicted octanol–water partition coefficient (Wildman–Crippen LogP) is 2.98. The molecule has 0 aliphatic carbocycles. The number of hydrogen-bond donors (Lipinski definition) is 1. The molecule has 180 valence electrons. The number of amides is 2. The summed E-state index contributed by atoms with van der Waals surface area (Å²) in [6, 6.07) is 4.49. The number of hydrogen-bond acceptors (Lipinski definition) is 8. The Labute approximate surface area is 196 Å². The summed E-state index contributed by atoms with van der Waals surface area (Å²) >= 11 is 0. The second-order valence-electron chi connectivity index (χ2n) is 8.03. The maximum absolute atomic E-state index is 13.2. The fraction of sp³-hybridized carbons (Fsp3) is 0.417. The lowest BCUT2D eigenvalue weighted by Gasteiger charge is -2.40. The fourth-order valence-corrected chi connectivity index (χ4v) is 5.00. The standard InChI is InChI=1S/C24H26N2O8/c1-5-25-24(28)26-9-8-12-10-15-21(33-11-32-15)22(31-4)16(12)18(26)19-13-6-7-14(29-2)20(30-3)17(13)23(27)34-19/h6-7,10,18-19H,5,8-9,11H2,1-4H3,(H,25,28)/t18-,19+/m1/s1. The predicted molar refractivity (Wildman–Crippen MR) is 119 cm³/mol. The van der Waals surface area contributed by atoms with Gasteiger partial charge in [-0.25, -0.2) is 9.59 Å². The van der Waals surface area contributed by atoms with Crippen LogP contribution in [0.15, 0.2) is 18.2 Å². The van der Waals surface area contributed by atoms with Gasteiger partial charge in [0.15, 0.2) is 29.1 Å². The molecule has 1 N–H and O–H groups in total. The third kappa shape index (κ3) is 3.16. The smallest absolute Gasteiger partial charge is 0.343 e. The zero-order valence-corrected chi connectivity index (χ0v) is 19.4. The van der Waals surface area contributed by atoms with E-state index in [9.17, 15) is 9.59 Å². The molecule has 10 nitrogen and oxygen atoms in total. The summed E-state index contributed by atoms with van der Waals surface area (Å²) in [5, 5.41) is 2.87. The summed E-state index contributed by atoms with van der Waals surface area (Å²) < 4.78 is 33.9. The minimum absolute atomic E-state index is 0.0809. The second-order valence-corrected chi connectivity index (χ2v) is 8.03. The van der Waals surface area contributed by atoms with Crippen LogP contribution in [0.5, 0.6) is 28.7 Å². The van der Waals surface area contributed by atoms with Gasteiger partial charge >= 0.3 is 12.0 Å². The van der Waals surface area contributed by atoms with Crippen LogP contribution in [-0.2, 0) is 11.2 Å². The third-order valence-corrected chi connectivity index (χ3v) is 6.40. The van der Waals surface area contributed by atoms with Gasteiger partial charge in [0.1, 0.15) is 11.6 Å². The van der Waals surface area contributed by atoms with E-state index in [1.807, 2.05) is 13.0 Å². The van der Waals surface area contributed by atoms with Gasteiger partial charge in [0.2, 0.25) is 12.5 Å². The number of carbonyl (C=O) groups is 2. The molecule has 2 aromatic carbocycles. The highest BCUT2D eigenvalue weighted by atomic mass is 16.7. The summed E-state index contributed by atoms with van der Waals surface area (Å²) in [5.74, 6) is 1.71. The van der Waals surface area contributed by atoms with E-state index in [0.717, 1.165) is 11.1 Å². The summed E-state index contributed by atoms with van der Waals surface area (Å²) in [4.78, 5) is 27.9. The van der Waals surface area contributed by atoms with Crippen molar-refractivity contribution in [2.24, 2.45) is 0 Å². The number of fused-ring (bicyclic) bond motifs is 3. The van der Waals surface area contributed by atoms with Crippen LogP contribution >= 0.6 is 0 Å². The van der Waals surface area contributed by atoms with E-state index in [4.69, 9.17) is 28.4 Å². The first-order chi connectivity index (χ1) is 16.5. The van der Waals surface area contributed by atoms with Crippen molar-refractivity contribution in [1.82, 2.24) is 10.2 Å². The van der Waals surface area contributed by atoms with Crippen molar-refractivity contribution >= 4 is 12.0 Å². The SMILES string of the molecule is CCNC(=O)N1CCc2cc3c(c(OC)c2[C@@H]1[C@H]1OC(=O)c2c1ccc(OC)c2OC)OCO3. The molecule has 0 unspecified atom stereocenters. The van der Waals surface area contributed by atoms with Crippen LogP contribution in [0.4, 0.5) is 4.79 Å². The number of ether oxygens (including phenoxy) is 6. The number of nitrogens with zero attached hydrogens (tertiary/aromatic N) is 1. The third-order valence-electron chi connectivity index (χ3n) is 6.40. The molecule has 0 bridgehead atoms. The fourth-order valence-electron chi connectivity index (χ4n) is 5.00. The largest absolute Gasteiger partial charge is 0.493 e. The van der Waals surface area contributed by atoms with Gasteiger partial charge in [-0.15, -0.1) is 0 Å². The van der Waals surface area contributed by atoms with Crippen molar-refractivity contribution in [1.29, 1.82) is 0 Å². The number of benzene rings is 2. The summed E-state index contributed by atoms with van der Waals surface area (Å²) in [6.07, 6.45) is -0.215. The van der Waals surface area contributed by atoms with Gasteiger partial charge in [-0.3, -0.25) is 0 Å². The van der Waals surface area contributed by atoms with Crippen LogP contribution in [0.25, 0.3) is 0 Å². The van der Waals surface area contributed by atoms with E-state index in [1.54, 1.807) is 24.1 Å². The van der Waals surface area contributed by atoms with Crippen LogP contribution in [0, 0.1) is 0 Å². The number of nitrogens with one attached hydrogen (secondary N) is 1. The first kappa shape index (κ1) is 22.0. The average Bonchev–Trinajstić information content (AvgIpc) is 3.45. The molecule has 34 heavy (non-hydrogen) atoms. The average molecular weight is 470 g/mol. The Morgan fingerprint density at radius 1 is 1.15 bits per heavy atom. The Balaban J connectivity index is 1.71. The molecule has 2 aromatic rings. The van der Waals surface area contributed by atoms with Gasteiger partial charge in [0.25, 0.3) is 0 Å². The Kier molecular flexibility index (Phi) is 5.51. The molecule has 0 saturated heterocycles. The minimum Gasteiger partial charge on any atom is -0.493 e. The first-order valence-corrected chi connectivity index (χ1v) is 11.0. The van der Waals surface area contributed by atoms with Gasteiger partial charge < -0.3 is 38.6 Å². The first-order valence-electron chi connectivity index (χ1n) is 11.0. The minimum atomic E-state index is -0.793. The van der Waals surface area contributed by atoms with Crippen molar-refractivity contribution in [2.45, 2.75) is 25.5 Å². The number of carbonyl (C=O) groups excluding carboxylic acids is 2. The van der Waals surface area contributed by atoms with Crippen molar-refractivity contribution in [2.75, 3.05) is 41.2 Å². The Morgan fingerprint density at radius 2 is 1.94 bits per heavy atom. The van der Waals surface area contributed by atoms with Gasteiger partial charge in [-0.1, -0.05) is 6.07 Å². The zero-order valence-electron chi connectivity index (χ0n) is 19.4. The summed E-state index contributed by atoms with van der Waals surface area (Å²) in [5.41, 5.74) is 2.56. The lowest BCUT2D eigenvalue weighted by molar-refractivity contribution is 0.0111. The highest BCUT2D eigenvalue weighted by molar-refractivity contribution is 5.98. The van der Waals surface area contributed by atoms with Crippen molar-refractivity contribution in [3.8, 4) is 28.7 Å². The number of esters is 1. The molecule has 3 aliphatic heterocycles. The molecule has 0 spiro atoms. The highest BCUT2D eigenvalue weighted by Gasteiger charge is 2.48. The molecular formula is C24H26N2O8. The number of methoxy groups -OCH3 is 3. The molecule has 0 radical (unpaired) electrons. The lowest BCUT2D eigenvalue weighted by atomic mass is 9.85. The summed E-state index contributed by atoms with van der Waals surface area (Å²) in [7, 11) is 4.52. The molecule has 3 heterocycles.